The first kappa shape index (κ1) is 12.5. The Morgan fingerprint density at radius 2 is 1.84 bits per heavy atom. The first-order valence-corrected chi connectivity index (χ1v) is 6.55. The maximum absolute atomic E-state index is 12.5. The summed E-state index contributed by atoms with van der Waals surface area (Å²) >= 11 is 0. The fourth-order valence-electron chi connectivity index (χ4n) is 3.25. The van der Waals surface area contributed by atoms with Gasteiger partial charge in [0.2, 0.25) is 0 Å². The summed E-state index contributed by atoms with van der Waals surface area (Å²) in [6.07, 6.45) is 0. The van der Waals surface area contributed by atoms with Crippen LogP contribution in [0.2, 0.25) is 0 Å². The number of methoxy groups -OCH3 is 2. The predicted molar refractivity (Wildman–Crippen MR) is 70.1 cm³/mol. The summed E-state index contributed by atoms with van der Waals surface area (Å²) in [5, 5.41) is 0. The average Bonchev–Trinajstić information content (AvgIpc) is 2.93. The third-order valence-electron chi connectivity index (χ3n) is 4.42. The van der Waals surface area contributed by atoms with Gasteiger partial charge in [-0.2, -0.15) is 0 Å². The lowest BCUT2D eigenvalue weighted by Crippen LogP contribution is -2.32. The SMILES string of the molecule is COc1cc2c(cc1OC)[C@H](C)[C@H]1COC[C@@H]1C2=O. The molecule has 0 spiro atoms. The van der Waals surface area contributed by atoms with Gasteiger partial charge in [0.1, 0.15) is 0 Å². The van der Waals surface area contributed by atoms with Crippen molar-refractivity contribution in [2.24, 2.45) is 11.8 Å². The summed E-state index contributed by atoms with van der Waals surface area (Å²) in [6, 6.07) is 3.74. The number of ketones is 1. The average molecular weight is 262 g/mol. The Morgan fingerprint density at radius 1 is 1.16 bits per heavy atom. The fraction of sp³-hybridized carbons (Fsp3) is 0.533. The first-order valence-electron chi connectivity index (χ1n) is 6.55. The lowest BCUT2D eigenvalue weighted by atomic mass is 9.70. The van der Waals surface area contributed by atoms with Gasteiger partial charge in [-0.25, -0.2) is 0 Å². The summed E-state index contributed by atoms with van der Waals surface area (Å²) in [4.78, 5) is 12.5. The number of carbonyl (C=O) groups is 1. The van der Waals surface area contributed by atoms with Crippen LogP contribution in [0.3, 0.4) is 0 Å². The van der Waals surface area contributed by atoms with Gasteiger partial charge in [0, 0.05) is 11.5 Å². The quantitative estimate of drug-likeness (QED) is 0.820. The van der Waals surface area contributed by atoms with Gasteiger partial charge in [0.15, 0.2) is 17.3 Å². The van der Waals surface area contributed by atoms with Crippen molar-refractivity contribution in [3.63, 3.8) is 0 Å². The summed E-state index contributed by atoms with van der Waals surface area (Å²) in [6.45, 7) is 3.37. The Morgan fingerprint density at radius 3 is 2.53 bits per heavy atom. The summed E-state index contributed by atoms with van der Waals surface area (Å²) in [7, 11) is 3.20. The van der Waals surface area contributed by atoms with Gasteiger partial charge in [0.25, 0.3) is 0 Å². The van der Waals surface area contributed by atoms with Crippen LogP contribution in [0.4, 0.5) is 0 Å². The number of rotatable bonds is 2. The second-order valence-electron chi connectivity index (χ2n) is 5.26. The summed E-state index contributed by atoms with van der Waals surface area (Å²) in [5.41, 5.74) is 1.81. The number of hydrogen-bond acceptors (Lipinski definition) is 4. The van der Waals surface area contributed by atoms with Crippen LogP contribution in [0.5, 0.6) is 11.5 Å². The van der Waals surface area contributed by atoms with Crippen molar-refractivity contribution in [3.8, 4) is 11.5 Å². The van der Waals surface area contributed by atoms with E-state index in [1.54, 1.807) is 14.2 Å². The van der Waals surface area contributed by atoms with Gasteiger partial charge < -0.3 is 14.2 Å². The van der Waals surface area contributed by atoms with Crippen molar-refractivity contribution in [2.45, 2.75) is 12.8 Å². The van der Waals surface area contributed by atoms with Gasteiger partial charge >= 0.3 is 0 Å². The van der Waals surface area contributed by atoms with Gasteiger partial charge in [-0.3, -0.25) is 4.79 Å². The molecule has 2 aliphatic rings. The van der Waals surface area contributed by atoms with E-state index >= 15 is 0 Å². The van der Waals surface area contributed by atoms with Crippen molar-refractivity contribution in [1.29, 1.82) is 0 Å². The Bertz CT molecular complexity index is 523. The smallest absolute Gasteiger partial charge is 0.169 e. The molecule has 3 rings (SSSR count). The van der Waals surface area contributed by atoms with Crippen LogP contribution in [0, 0.1) is 11.8 Å². The molecule has 0 saturated carbocycles. The molecule has 0 bridgehead atoms. The summed E-state index contributed by atoms with van der Waals surface area (Å²) in [5.74, 6) is 2.06. The number of carbonyl (C=O) groups excluding carboxylic acids is 1. The van der Waals surface area contributed by atoms with Crippen LogP contribution in [-0.2, 0) is 4.74 Å². The molecule has 0 N–H and O–H groups in total. The monoisotopic (exact) mass is 262 g/mol. The molecule has 102 valence electrons. The molecule has 0 radical (unpaired) electrons. The van der Waals surface area contributed by atoms with Gasteiger partial charge in [-0.15, -0.1) is 0 Å². The molecule has 1 aliphatic heterocycles. The Balaban J connectivity index is 2.14. The molecule has 4 nitrogen and oxygen atoms in total. The molecule has 4 heteroatoms. The number of hydrogen-bond donors (Lipinski definition) is 0. The molecule has 19 heavy (non-hydrogen) atoms. The standard InChI is InChI=1S/C15H18O4/c1-8-9-4-13(17-2)14(18-3)5-10(9)15(16)12-7-19-6-11(8)12/h4-5,8,11-12H,6-7H2,1-3H3/t8-,11+,12-/m0/s1. The molecule has 1 heterocycles. The zero-order chi connectivity index (χ0) is 13.6. The largest absolute Gasteiger partial charge is 0.493 e. The molecule has 1 aromatic rings. The molecule has 0 aromatic heterocycles. The number of fused-ring (bicyclic) bond motifs is 2. The Kier molecular flexibility index (Phi) is 2.97. The van der Waals surface area contributed by atoms with Crippen LogP contribution < -0.4 is 9.47 Å². The molecule has 0 amide bonds. The first-order chi connectivity index (χ1) is 9.17. The van der Waals surface area contributed by atoms with E-state index in [2.05, 4.69) is 6.92 Å². The van der Waals surface area contributed by atoms with Crippen molar-refractivity contribution < 1.29 is 19.0 Å². The maximum Gasteiger partial charge on any atom is 0.169 e. The fourth-order valence-corrected chi connectivity index (χ4v) is 3.25. The second kappa shape index (κ2) is 4.53. The van der Waals surface area contributed by atoms with Gasteiger partial charge in [0.05, 0.1) is 33.4 Å². The van der Waals surface area contributed by atoms with E-state index in [4.69, 9.17) is 14.2 Å². The topological polar surface area (TPSA) is 44.8 Å². The van der Waals surface area contributed by atoms with Crippen molar-refractivity contribution in [1.82, 2.24) is 0 Å². The minimum Gasteiger partial charge on any atom is -0.493 e. The van der Waals surface area contributed by atoms with Crippen molar-refractivity contribution in [3.05, 3.63) is 23.3 Å². The van der Waals surface area contributed by atoms with Crippen LogP contribution in [0.15, 0.2) is 12.1 Å². The lowest BCUT2D eigenvalue weighted by Gasteiger charge is -2.31. The molecular weight excluding hydrogens is 244 g/mol. The molecule has 1 fully saturated rings. The van der Waals surface area contributed by atoms with Gasteiger partial charge in [-0.05, 0) is 23.6 Å². The lowest BCUT2D eigenvalue weighted by molar-refractivity contribution is 0.0862. The van der Waals surface area contributed by atoms with E-state index in [0.717, 1.165) is 11.1 Å². The third kappa shape index (κ3) is 1.74. The van der Waals surface area contributed by atoms with E-state index in [1.807, 2.05) is 12.1 Å². The second-order valence-corrected chi connectivity index (χ2v) is 5.26. The zero-order valence-electron chi connectivity index (χ0n) is 11.4. The van der Waals surface area contributed by atoms with E-state index in [9.17, 15) is 4.79 Å². The molecule has 1 saturated heterocycles. The highest BCUT2D eigenvalue weighted by Gasteiger charge is 2.44. The van der Waals surface area contributed by atoms with Crippen LogP contribution >= 0.6 is 0 Å². The minimum absolute atomic E-state index is 0.000557. The number of ether oxygens (including phenoxy) is 3. The molecule has 0 unspecified atom stereocenters. The highest BCUT2D eigenvalue weighted by atomic mass is 16.5. The molecule has 3 atom stereocenters. The maximum atomic E-state index is 12.5. The zero-order valence-corrected chi connectivity index (χ0v) is 11.4. The predicted octanol–water partition coefficient (Wildman–Crippen LogP) is 2.27. The number of Topliss-reactive ketones (excluding diaryl/α,β-unsaturated/α-hetero) is 1. The molecular formula is C15H18O4. The van der Waals surface area contributed by atoms with Crippen LogP contribution in [-0.4, -0.2) is 33.2 Å². The van der Waals surface area contributed by atoms with E-state index in [1.165, 1.54) is 0 Å². The minimum atomic E-state index is 0.000557. The molecule has 1 aliphatic carbocycles. The van der Waals surface area contributed by atoms with Crippen molar-refractivity contribution >= 4 is 5.78 Å². The van der Waals surface area contributed by atoms with Crippen LogP contribution in [0.25, 0.3) is 0 Å². The van der Waals surface area contributed by atoms with Gasteiger partial charge in [-0.1, -0.05) is 6.92 Å². The van der Waals surface area contributed by atoms with E-state index in [-0.39, 0.29) is 17.6 Å². The Hall–Kier alpha value is -1.55. The normalized spacial score (nSPS) is 28.8. The van der Waals surface area contributed by atoms with E-state index in [0.29, 0.717) is 30.6 Å². The number of benzene rings is 1. The Labute approximate surface area is 112 Å². The molecule has 1 aromatic carbocycles. The highest BCUT2D eigenvalue weighted by molar-refractivity contribution is 6.01. The van der Waals surface area contributed by atoms with Crippen molar-refractivity contribution in [2.75, 3.05) is 27.4 Å². The third-order valence-corrected chi connectivity index (χ3v) is 4.42. The summed E-state index contributed by atoms with van der Waals surface area (Å²) < 4.78 is 16.1. The van der Waals surface area contributed by atoms with E-state index < -0.39 is 0 Å². The highest BCUT2D eigenvalue weighted by Crippen LogP contribution is 2.45. The van der Waals surface area contributed by atoms with Crippen LogP contribution in [0.1, 0.15) is 28.8 Å².